The summed E-state index contributed by atoms with van der Waals surface area (Å²) in [6.07, 6.45) is 4.86. The Kier molecular flexibility index (Phi) is 6.46. The van der Waals surface area contributed by atoms with E-state index in [0.717, 1.165) is 73.7 Å². The lowest BCUT2D eigenvalue weighted by atomic mass is 9.73. The molecule has 0 saturated carbocycles. The summed E-state index contributed by atoms with van der Waals surface area (Å²) < 4.78 is 11.4. The van der Waals surface area contributed by atoms with Crippen molar-refractivity contribution in [3.63, 3.8) is 0 Å². The van der Waals surface area contributed by atoms with Gasteiger partial charge in [-0.25, -0.2) is 0 Å². The molecule has 2 N–H and O–H groups in total. The summed E-state index contributed by atoms with van der Waals surface area (Å²) in [4.78, 5) is 0. The van der Waals surface area contributed by atoms with Crippen LogP contribution in [0.5, 0.6) is 0 Å². The molecule has 2 atom stereocenters. The SMILES string of the molecule is COCCCC[C@@](O)(c1cccc2oc([Si](C)(C)C)cc12)[C@@H]1CCCNC1. The topological polar surface area (TPSA) is 54.6 Å². The highest BCUT2D eigenvalue weighted by atomic mass is 28.3. The van der Waals surface area contributed by atoms with Crippen LogP contribution in [0.2, 0.25) is 19.6 Å². The summed E-state index contributed by atoms with van der Waals surface area (Å²) in [6.45, 7) is 9.56. The number of benzene rings is 1. The number of furan rings is 1. The fraction of sp³-hybridized carbons (Fsp3) is 0.636. The summed E-state index contributed by atoms with van der Waals surface area (Å²) in [6, 6.07) is 8.38. The van der Waals surface area contributed by atoms with Crippen molar-refractivity contribution in [1.82, 2.24) is 5.32 Å². The van der Waals surface area contributed by atoms with Crippen molar-refractivity contribution in [3.8, 4) is 0 Å². The molecule has 0 spiro atoms. The maximum absolute atomic E-state index is 12.0. The van der Waals surface area contributed by atoms with Crippen LogP contribution in [-0.4, -0.2) is 40.0 Å². The van der Waals surface area contributed by atoms with E-state index >= 15 is 0 Å². The van der Waals surface area contributed by atoms with Crippen LogP contribution in [0, 0.1) is 5.92 Å². The summed E-state index contributed by atoms with van der Waals surface area (Å²) >= 11 is 0. The molecule has 2 heterocycles. The van der Waals surface area contributed by atoms with Gasteiger partial charge in [0.2, 0.25) is 0 Å². The van der Waals surface area contributed by atoms with Crippen molar-refractivity contribution in [2.75, 3.05) is 26.8 Å². The number of fused-ring (bicyclic) bond motifs is 1. The standard InChI is InChI=1S/C22H35NO3Si/c1-25-14-6-5-12-22(24,17-9-8-13-23-16-17)19-10-7-11-20-18(19)15-21(26-20)27(2,3)4/h7,10-11,15,17,23-24H,5-6,8-9,12-14,16H2,1-4H3/t17-,22+/m1/s1. The molecule has 1 aromatic heterocycles. The van der Waals surface area contributed by atoms with Gasteiger partial charge >= 0.3 is 0 Å². The molecule has 27 heavy (non-hydrogen) atoms. The molecule has 5 heteroatoms. The summed E-state index contributed by atoms with van der Waals surface area (Å²) in [7, 11) is 0.186. The van der Waals surface area contributed by atoms with Gasteiger partial charge in [-0.15, -0.1) is 0 Å². The summed E-state index contributed by atoms with van der Waals surface area (Å²) in [5.74, 6) is 0.227. The first-order chi connectivity index (χ1) is 12.9. The van der Waals surface area contributed by atoms with Crippen molar-refractivity contribution in [3.05, 3.63) is 29.8 Å². The van der Waals surface area contributed by atoms with E-state index in [-0.39, 0.29) is 5.92 Å². The van der Waals surface area contributed by atoms with Crippen molar-refractivity contribution < 1.29 is 14.3 Å². The molecule has 0 unspecified atom stereocenters. The Morgan fingerprint density at radius 2 is 2.11 bits per heavy atom. The van der Waals surface area contributed by atoms with E-state index in [1.165, 1.54) is 0 Å². The van der Waals surface area contributed by atoms with E-state index in [2.05, 4.69) is 37.1 Å². The fourth-order valence-corrected chi connectivity index (χ4v) is 5.26. The summed E-state index contributed by atoms with van der Waals surface area (Å²) in [5.41, 5.74) is 1.12. The normalized spacial score (nSPS) is 20.7. The third kappa shape index (κ3) is 4.48. The molecule has 3 rings (SSSR count). The van der Waals surface area contributed by atoms with Crippen molar-refractivity contribution in [2.45, 2.75) is 57.3 Å². The first-order valence-electron chi connectivity index (χ1n) is 10.3. The zero-order valence-electron chi connectivity index (χ0n) is 17.3. The second kappa shape index (κ2) is 8.48. The monoisotopic (exact) mass is 389 g/mol. The second-order valence-corrected chi connectivity index (χ2v) is 14.0. The van der Waals surface area contributed by atoms with E-state index in [0.29, 0.717) is 0 Å². The van der Waals surface area contributed by atoms with E-state index in [1.807, 2.05) is 12.1 Å². The number of ether oxygens (including phenoxy) is 1. The van der Waals surface area contributed by atoms with Crippen LogP contribution in [-0.2, 0) is 10.3 Å². The van der Waals surface area contributed by atoms with Gasteiger partial charge in [-0.3, -0.25) is 0 Å². The smallest absolute Gasteiger partial charge is 0.133 e. The van der Waals surface area contributed by atoms with Gasteiger partial charge in [-0.1, -0.05) is 31.8 Å². The molecule has 150 valence electrons. The Hall–Kier alpha value is -1.14. The van der Waals surface area contributed by atoms with Crippen molar-refractivity contribution in [2.24, 2.45) is 5.92 Å². The minimum absolute atomic E-state index is 0.227. The number of aliphatic hydroxyl groups is 1. The third-order valence-corrected chi connectivity index (χ3v) is 7.62. The lowest BCUT2D eigenvalue weighted by Gasteiger charge is -2.39. The highest BCUT2D eigenvalue weighted by molar-refractivity contribution is 6.87. The van der Waals surface area contributed by atoms with Crippen LogP contribution in [0.25, 0.3) is 11.0 Å². The van der Waals surface area contributed by atoms with Gasteiger partial charge in [0.15, 0.2) is 0 Å². The predicted molar refractivity (Wildman–Crippen MR) is 114 cm³/mol. The number of unbranched alkanes of at least 4 members (excludes halogenated alkanes) is 1. The third-order valence-electron chi connectivity index (χ3n) is 5.90. The Morgan fingerprint density at radius 1 is 1.30 bits per heavy atom. The van der Waals surface area contributed by atoms with E-state index < -0.39 is 13.7 Å². The van der Waals surface area contributed by atoms with Gasteiger partial charge in [-0.05, 0) is 56.3 Å². The average molecular weight is 390 g/mol. The van der Waals surface area contributed by atoms with Crippen molar-refractivity contribution >= 4 is 24.4 Å². The van der Waals surface area contributed by atoms with E-state index in [1.54, 1.807) is 7.11 Å². The molecule has 4 nitrogen and oxygen atoms in total. The lowest BCUT2D eigenvalue weighted by Crippen LogP contribution is -2.44. The zero-order chi connectivity index (χ0) is 19.5. The largest absolute Gasteiger partial charge is 0.466 e. The number of hydrogen-bond donors (Lipinski definition) is 2. The van der Waals surface area contributed by atoms with Crippen LogP contribution in [0.4, 0.5) is 0 Å². The van der Waals surface area contributed by atoms with E-state index in [4.69, 9.17) is 9.15 Å². The maximum atomic E-state index is 12.0. The highest BCUT2D eigenvalue weighted by Gasteiger charge is 2.40. The van der Waals surface area contributed by atoms with Gasteiger partial charge in [-0.2, -0.15) is 0 Å². The number of piperidine rings is 1. The Bertz CT molecular complexity index is 746. The molecular formula is C22H35NO3Si. The van der Waals surface area contributed by atoms with Gasteiger partial charge in [0.05, 0.1) is 11.0 Å². The van der Waals surface area contributed by atoms with Crippen molar-refractivity contribution in [1.29, 1.82) is 0 Å². The Labute approximate surface area is 164 Å². The predicted octanol–water partition coefficient (Wildman–Crippen LogP) is 3.98. The molecule has 1 fully saturated rings. The molecule has 0 amide bonds. The van der Waals surface area contributed by atoms with Crippen LogP contribution in [0.3, 0.4) is 0 Å². The fourth-order valence-electron chi connectivity index (χ4n) is 4.27. The molecule has 1 aliphatic heterocycles. The lowest BCUT2D eigenvalue weighted by molar-refractivity contribution is -0.0421. The Morgan fingerprint density at radius 3 is 2.78 bits per heavy atom. The second-order valence-electron chi connectivity index (χ2n) is 9.00. The first kappa shape index (κ1) is 20.6. The molecule has 0 radical (unpaired) electrons. The zero-order valence-corrected chi connectivity index (χ0v) is 18.3. The quantitative estimate of drug-likeness (QED) is 0.530. The van der Waals surface area contributed by atoms with Crippen LogP contribution >= 0.6 is 0 Å². The molecule has 1 aromatic carbocycles. The maximum Gasteiger partial charge on any atom is 0.133 e. The average Bonchev–Trinajstić information content (AvgIpc) is 3.10. The van der Waals surface area contributed by atoms with Crippen LogP contribution in [0.1, 0.15) is 37.7 Å². The molecular weight excluding hydrogens is 354 g/mol. The molecule has 2 aromatic rings. The van der Waals surface area contributed by atoms with Gasteiger partial charge in [0.25, 0.3) is 0 Å². The van der Waals surface area contributed by atoms with Crippen LogP contribution in [0.15, 0.2) is 28.7 Å². The Balaban J connectivity index is 2.01. The van der Waals surface area contributed by atoms with Gasteiger partial charge in [0.1, 0.15) is 13.7 Å². The minimum atomic E-state index is -1.55. The van der Waals surface area contributed by atoms with Gasteiger partial charge < -0.3 is 19.6 Å². The number of nitrogens with one attached hydrogen (secondary N) is 1. The highest BCUT2D eigenvalue weighted by Crippen LogP contribution is 2.41. The molecule has 0 bridgehead atoms. The minimum Gasteiger partial charge on any atom is -0.466 e. The summed E-state index contributed by atoms with van der Waals surface area (Å²) in [5, 5.41) is 17.7. The number of hydrogen-bond acceptors (Lipinski definition) is 4. The van der Waals surface area contributed by atoms with E-state index in [9.17, 15) is 5.11 Å². The first-order valence-corrected chi connectivity index (χ1v) is 13.8. The molecule has 0 aliphatic carbocycles. The molecule has 1 aliphatic rings. The molecule has 1 saturated heterocycles. The van der Waals surface area contributed by atoms with Gasteiger partial charge in [0, 0.05) is 31.6 Å². The van der Waals surface area contributed by atoms with Crippen LogP contribution < -0.4 is 10.7 Å². The number of rotatable bonds is 8. The number of methoxy groups -OCH3 is 1.